The van der Waals surface area contributed by atoms with Gasteiger partial charge in [-0.2, -0.15) is 11.8 Å². The Morgan fingerprint density at radius 3 is 2.95 bits per heavy atom. The average Bonchev–Trinajstić information content (AvgIpc) is 2.86. The van der Waals surface area contributed by atoms with E-state index in [4.69, 9.17) is 5.11 Å². The Balaban J connectivity index is 2.04. The first-order chi connectivity index (χ1) is 9.63. The number of carbonyl (C=O) groups is 2. The molecule has 2 rings (SSSR count). The zero-order valence-corrected chi connectivity index (χ0v) is 12.2. The molecule has 0 spiro atoms. The second-order valence-electron chi connectivity index (χ2n) is 4.63. The van der Waals surface area contributed by atoms with Gasteiger partial charge in [-0.1, -0.05) is 6.07 Å². The number of fused-ring (bicyclic) bond motifs is 1. The van der Waals surface area contributed by atoms with Gasteiger partial charge in [0.2, 0.25) is 0 Å². The second-order valence-corrected chi connectivity index (χ2v) is 5.61. The number of carbonyl (C=O) groups excluding carboxylic acids is 1. The maximum atomic E-state index is 12.1. The van der Waals surface area contributed by atoms with Crippen LogP contribution in [0, 0.1) is 0 Å². The van der Waals surface area contributed by atoms with Crippen LogP contribution in [-0.2, 0) is 6.42 Å². The number of amides is 2. The summed E-state index contributed by atoms with van der Waals surface area (Å²) in [5.74, 6) is 0.0417. The quantitative estimate of drug-likeness (QED) is 0.817. The third kappa shape index (κ3) is 3.25. The summed E-state index contributed by atoms with van der Waals surface area (Å²) in [6.07, 6.45) is 3.74. The number of aromatic carboxylic acids is 1. The molecule has 2 amide bonds. The zero-order valence-electron chi connectivity index (χ0n) is 11.4. The van der Waals surface area contributed by atoms with Crippen molar-refractivity contribution in [1.29, 1.82) is 0 Å². The summed E-state index contributed by atoms with van der Waals surface area (Å²) < 4.78 is 0. The van der Waals surface area contributed by atoms with Gasteiger partial charge < -0.3 is 10.4 Å². The molecule has 6 heteroatoms. The molecule has 1 aromatic rings. The second kappa shape index (κ2) is 6.65. The summed E-state index contributed by atoms with van der Waals surface area (Å²) >= 11 is 1.75. The van der Waals surface area contributed by atoms with E-state index in [1.54, 1.807) is 34.9 Å². The summed E-state index contributed by atoms with van der Waals surface area (Å²) in [4.78, 5) is 24.7. The Labute approximate surface area is 122 Å². The first kappa shape index (κ1) is 14.7. The van der Waals surface area contributed by atoms with E-state index in [0.717, 1.165) is 24.2 Å². The lowest BCUT2D eigenvalue weighted by molar-refractivity contribution is 0.0697. The fourth-order valence-electron chi connectivity index (χ4n) is 2.23. The van der Waals surface area contributed by atoms with Crippen LogP contribution in [0.5, 0.6) is 0 Å². The highest BCUT2D eigenvalue weighted by Gasteiger charge is 2.25. The van der Waals surface area contributed by atoms with Crippen LogP contribution in [0.25, 0.3) is 0 Å². The Hall–Kier alpha value is -1.69. The van der Waals surface area contributed by atoms with Gasteiger partial charge in [-0.25, -0.2) is 9.59 Å². The van der Waals surface area contributed by atoms with Gasteiger partial charge in [-0.15, -0.1) is 0 Å². The molecule has 1 aliphatic heterocycles. The van der Waals surface area contributed by atoms with E-state index in [2.05, 4.69) is 5.32 Å². The van der Waals surface area contributed by atoms with Gasteiger partial charge >= 0.3 is 12.0 Å². The summed E-state index contributed by atoms with van der Waals surface area (Å²) in [5, 5.41) is 11.9. The van der Waals surface area contributed by atoms with Crippen LogP contribution in [0.2, 0.25) is 0 Å². The zero-order chi connectivity index (χ0) is 14.5. The summed E-state index contributed by atoms with van der Waals surface area (Å²) in [5.41, 5.74) is 1.95. The number of rotatable bonds is 5. The smallest absolute Gasteiger partial charge is 0.335 e. The fraction of sp³-hybridized carbons (Fsp3) is 0.429. The topological polar surface area (TPSA) is 69.6 Å². The van der Waals surface area contributed by atoms with E-state index in [9.17, 15) is 9.59 Å². The number of carboxylic acids is 1. The molecule has 108 valence electrons. The van der Waals surface area contributed by atoms with Crippen LogP contribution in [0.15, 0.2) is 18.2 Å². The molecule has 0 unspecified atom stereocenters. The van der Waals surface area contributed by atoms with Crippen LogP contribution < -0.4 is 10.2 Å². The number of hydrogen-bond acceptors (Lipinski definition) is 3. The van der Waals surface area contributed by atoms with Crippen LogP contribution >= 0.6 is 11.8 Å². The van der Waals surface area contributed by atoms with Gasteiger partial charge in [0.05, 0.1) is 5.56 Å². The maximum absolute atomic E-state index is 12.1. The number of anilines is 1. The normalized spacial score (nSPS) is 13.2. The van der Waals surface area contributed by atoms with E-state index in [1.807, 2.05) is 6.26 Å². The molecule has 0 saturated heterocycles. The highest BCUT2D eigenvalue weighted by molar-refractivity contribution is 7.98. The van der Waals surface area contributed by atoms with Crippen molar-refractivity contribution in [2.45, 2.75) is 12.8 Å². The Morgan fingerprint density at radius 2 is 2.25 bits per heavy atom. The van der Waals surface area contributed by atoms with E-state index in [-0.39, 0.29) is 11.6 Å². The minimum atomic E-state index is -0.972. The predicted octanol–water partition coefficient (Wildman–Crippen LogP) is 2.21. The summed E-state index contributed by atoms with van der Waals surface area (Å²) in [6.45, 7) is 1.25. The van der Waals surface area contributed by atoms with E-state index in [1.165, 1.54) is 0 Å². The van der Waals surface area contributed by atoms with Crippen molar-refractivity contribution in [3.63, 3.8) is 0 Å². The van der Waals surface area contributed by atoms with E-state index < -0.39 is 5.97 Å². The van der Waals surface area contributed by atoms with Crippen LogP contribution in [0.3, 0.4) is 0 Å². The first-order valence-corrected chi connectivity index (χ1v) is 7.93. The number of carboxylic acid groups (broad SMARTS) is 1. The molecule has 5 nitrogen and oxygen atoms in total. The van der Waals surface area contributed by atoms with Gasteiger partial charge in [0, 0.05) is 18.8 Å². The Morgan fingerprint density at radius 1 is 1.45 bits per heavy atom. The maximum Gasteiger partial charge on any atom is 0.335 e. The van der Waals surface area contributed by atoms with Crippen molar-refractivity contribution in [2.24, 2.45) is 0 Å². The highest BCUT2D eigenvalue weighted by atomic mass is 32.2. The molecule has 0 aromatic heterocycles. The highest BCUT2D eigenvalue weighted by Crippen LogP contribution is 2.29. The van der Waals surface area contributed by atoms with Crippen LogP contribution in [-0.4, -0.2) is 42.2 Å². The molecule has 0 radical (unpaired) electrons. The van der Waals surface area contributed by atoms with E-state index in [0.29, 0.717) is 18.8 Å². The molecule has 1 aliphatic rings. The lowest BCUT2D eigenvalue weighted by atomic mass is 10.1. The molecule has 0 atom stereocenters. The van der Waals surface area contributed by atoms with Gasteiger partial charge in [0.1, 0.15) is 0 Å². The van der Waals surface area contributed by atoms with Crippen molar-refractivity contribution < 1.29 is 14.7 Å². The Kier molecular flexibility index (Phi) is 4.89. The number of urea groups is 1. The number of thioether (sulfide) groups is 1. The molecule has 2 N–H and O–H groups in total. The lowest BCUT2D eigenvalue weighted by Gasteiger charge is -2.18. The average molecular weight is 294 g/mol. The molecule has 0 fully saturated rings. The molecule has 0 aliphatic carbocycles. The van der Waals surface area contributed by atoms with Crippen molar-refractivity contribution >= 4 is 29.4 Å². The van der Waals surface area contributed by atoms with Crippen molar-refractivity contribution in [2.75, 3.05) is 30.0 Å². The number of nitrogens with zero attached hydrogens (tertiary/aromatic N) is 1. The first-order valence-electron chi connectivity index (χ1n) is 6.54. The summed E-state index contributed by atoms with van der Waals surface area (Å²) in [6, 6.07) is 4.81. The minimum Gasteiger partial charge on any atom is -0.478 e. The standard InChI is InChI=1S/C14H18N2O3S/c1-20-8-2-6-15-14(19)16-7-5-10-3-4-11(13(17)18)9-12(10)16/h3-4,9H,2,5-8H2,1H3,(H,15,19)(H,17,18). The molecular weight excluding hydrogens is 276 g/mol. The molecule has 20 heavy (non-hydrogen) atoms. The van der Waals surface area contributed by atoms with Crippen molar-refractivity contribution in [3.05, 3.63) is 29.3 Å². The minimum absolute atomic E-state index is 0.146. The van der Waals surface area contributed by atoms with Crippen molar-refractivity contribution in [3.8, 4) is 0 Å². The SMILES string of the molecule is CSCCCNC(=O)N1CCc2ccc(C(=O)O)cc21. The summed E-state index contributed by atoms with van der Waals surface area (Å²) in [7, 11) is 0. The van der Waals surface area contributed by atoms with Gasteiger partial charge in [0.15, 0.2) is 0 Å². The van der Waals surface area contributed by atoms with Gasteiger partial charge in [-0.3, -0.25) is 4.90 Å². The number of benzene rings is 1. The third-order valence-corrected chi connectivity index (χ3v) is 3.97. The number of nitrogens with one attached hydrogen (secondary N) is 1. The van der Waals surface area contributed by atoms with E-state index >= 15 is 0 Å². The molecule has 0 saturated carbocycles. The number of hydrogen-bond donors (Lipinski definition) is 2. The van der Waals surface area contributed by atoms with Crippen LogP contribution in [0.4, 0.5) is 10.5 Å². The molecule has 1 aromatic carbocycles. The monoisotopic (exact) mass is 294 g/mol. The van der Waals surface area contributed by atoms with Crippen LogP contribution in [0.1, 0.15) is 22.3 Å². The Bertz CT molecular complexity index is 519. The van der Waals surface area contributed by atoms with Gasteiger partial charge in [-0.05, 0) is 42.5 Å². The third-order valence-electron chi connectivity index (χ3n) is 3.27. The predicted molar refractivity (Wildman–Crippen MR) is 80.8 cm³/mol. The van der Waals surface area contributed by atoms with Gasteiger partial charge in [0.25, 0.3) is 0 Å². The molecule has 1 heterocycles. The van der Waals surface area contributed by atoms with Crippen molar-refractivity contribution in [1.82, 2.24) is 5.32 Å². The fourth-order valence-corrected chi connectivity index (χ4v) is 2.66. The largest absolute Gasteiger partial charge is 0.478 e. The molecular formula is C14H18N2O3S. The molecule has 0 bridgehead atoms. The lowest BCUT2D eigenvalue weighted by Crippen LogP contribution is -2.39.